The second kappa shape index (κ2) is 8.11. The van der Waals surface area contributed by atoms with Crippen LogP contribution in [0.1, 0.15) is 25.3 Å². The van der Waals surface area contributed by atoms with Crippen LogP contribution in [-0.4, -0.2) is 78.1 Å². The highest BCUT2D eigenvalue weighted by molar-refractivity contribution is 7.88. The molecule has 2 fully saturated rings. The lowest BCUT2D eigenvalue weighted by molar-refractivity contribution is 0.186. The van der Waals surface area contributed by atoms with Crippen molar-refractivity contribution >= 4 is 27.0 Å². The third-order valence-corrected chi connectivity index (χ3v) is 6.98. The van der Waals surface area contributed by atoms with Crippen molar-refractivity contribution in [2.75, 3.05) is 37.8 Å². The summed E-state index contributed by atoms with van der Waals surface area (Å²) >= 11 is 0. The lowest BCUT2D eigenvalue weighted by atomic mass is 10.1. The summed E-state index contributed by atoms with van der Waals surface area (Å²) in [5.41, 5.74) is 0.612. The number of fused-ring (bicyclic) bond motifs is 1. The van der Waals surface area contributed by atoms with Gasteiger partial charge in [-0.25, -0.2) is 22.2 Å². The highest BCUT2D eigenvalue weighted by Gasteiger charge is 2.33. The third-order valence-electron chi connectivity index (χ3n) is 5.71. The maximum absolute atomic E-state index is 14.6. The lowest BCUT2D eigenvalue weighted by Gasteiger charge is -2.33. The van der Waals surface area contributed by atoms with Crippen molar-refractivity contribution in [3.8, 4) is 0 Å². The van der Waals surface area contributed by atoms with E-state index in [0.29, 0.717) is 25.0 Å². The Bertz CT molecular complexity index is 968. The van der Waals surface area contributed by atoms with E-state index in [1.807, 2.05) is 16.8 Å². The van der Waals surface area contributed by atoms with Crippen LogP contribution in [0.3, 0.4) is 0 Å². The monoisotopic (exact) mass is 428 g/mol. The van der Waals surface area contributed by atoms with E-state index >= 15 is 0 Å². The van der Waals surface area contributed by atoms with E-state index in [0.717, 1.165) is 28.9 Å². The average Bonchev–Trinajstić information content (AvgIpc) is 2.96. The maximum atomic E-state index is 14.6. The molecule has 0 saturated carbocycles. The molecular formula is C18H26F2N6O2S. The van der Waals surface area contributed by atoms with Crippen LogP contribution >= 0.6 is 0 Å². The number of rotatable bonds is 4. The van der Waals surface area contributed by atoms with Gasteiger partial charge in [-0.1, -0.05) is 0 Å². The number of sulfonamides is 1. The zero-order chi connectivity index (χ0) is 20.6. The number of hydrogen-bond donors (Lipinski definition) is 2. The first-order chi connectivity index (χ1) is 13.8. The largest absolute Gasteiger partial charge is 0.348 e. The summed E-state index contributed by atoms with van der Waals surface area (Å²) < 4.78 is 55.4. The zero-order valence-corrected chi connectivity index (χ0v) is 17.1. The van der Waals surface area contributed by atoms with Gasteiger partial charge in [0.25, 0.3) is 0 Å². The Morgan fingerprint density at radius 2 is 2.10 bits per heavy atom. The van der Waals surface area contributed by atoms with E-state index in [1.165, 1.54) is 0 Å². The van der Waals surface area contributed by atoms with Crippen LogP contribution in [0.25, 0.3) is 11.0 Å². The molecule has 0 radical (unpaired) electrons. The molecule has 0 amide bonds. The Morgan fingerprint density at radius 1 is 1.28 bits per heavy atom. The summed E-state index contributed by atoms with van der Waals surface area (Å²) in [5, 5.41) is 6.89. The number of anilines is 1. The molecule has 0 aliphatic carbocycles. The standard InChI is InChI=1S/C18H26F2N6O2S/c1-29(27,28)25-7-5-15(14(20)11-25)23-18-22-9-12-4-8-26(17(12)24-18)16-3-2-6-21-10-13(16)19/h4,8-9,13-16,21H,2-3,5-7,10-11H2,1H3,(H,22,23,24)/t13-,14-,15-,16-/m1/s1. The van der Waals surface area contributed by atoms with E-state index in [1.54, 1.807) is 6.20 Å². The van der Waals surface area contributed by atoms with Crippen molar-refractivity contribution < 1.29 is 17.2 Å². The van der Waals surface area contributed by atoms with Gasteiger partial charge in [0.1, 0.15) is 18.0 Å². The number of hydrogen-bond acceptors (Lipinski definition) is 6. The number of piperidine rings is 1. The van der Waals surface area contributed by atoms with Gasteiger partial charge in [-0.3, -0.25) is 0 Å². The fourth-order valence-corrected chi connectivity index (χ4v) is 4.94. The molecule has 2 aromatic rings. The van der Waals surface area contributed by atoms with Crippen LogP contribution in [0, 0.1) is 0 Å². The molecule has 2 saturated heterocycles. The Kier molecular flexibility index (Phi) is 5.71. The van der Waals surface area contributed by atoms with Crippen molar-refractivity contribution in [3.05, 3.63) is 18.5 Å². The second-order valence-electron chi connectivity index (χ2n) is 7.80. The number of halogens is 2. The molecule has 2 aromatic heterocycles. The number of alkyl halides is 2. The quantitative estimate of drug-likeness (QED) is 0.767. The van der Waals surface area contributed by atoms with Crippen molar-refractivity contribution in [2.45, 2.75) is 43.7 Å². The summed E-state index contributed by atoms with van der Waals surface area (Å²) in [7, 11) is -3.41. The highest BCUT2D eigenvalue weighted by atomic mass is 32.2. The Balaban J connectivity index is 1.53. The van der Waals surface area contributed by atoms with Gasteiger partial charge < -0.3 is 15.2 Å². The minimum absolute atomic E-state index is 0.187. The van der Waals surface area contributed by atoms with E-state index in [4.69, 9.17) is 0 Å². The topological polar surface area (TPSA) is 92.2 Å². The number of aromatic nitrogens is 3. The summed E-state index contributed by atoms with van der Waals surface area (Å²) in [6, 6.07) is 0.967. The Morgan fingerprint density at radius 3 is 2.86 bits per heavy atom. The molecular weight excluding hydrogens is 402 g/mol. The summed E-state index contributed by atoms with van der Waals surface area (Å²) in [6.45, 7) is 1.16. The van der Waals surface area contributed by atoms with Gasteiger partial charge in [-0.05, 0) is 31.9 Å². The Hall–Kier alpha value is -1.85. The van der Waals surface area contributed by atoms with Crippen molar-refractivity contribution in [3.63, 3.8) is 0 Å². The molecule has 8 nitrogen and oxygen atoms in total. The molecule has 0 aromatic carbocycles. The molecule has 2 aliphatic rings. The van der Waals surface area contributed by atoms with Crippen LogP contribution < -0.4 is 10.6 Å². The second-order valence-corrected chi connectivity index (χ2v) is 9.78. The van der Waals surface area contributed by atoms with Crippen molar-refractivity contribution in [1.29, 1.82) is 0 Å². The molecule has 0 spiro atoms. The first kappa shape index (κ1) is 20.4. The Labute approximate surface area is 168 Å². The molecule has 11 heteroatoms. The van der Waals surface area contributed by atoms with Crippen LogP contribution in [0.15, 0.2) is 18.5 Å². The van der Waals surface area contributed by atoms with Gasteiger partial charge in [0.15, 0.2) is 0 Å². The van der Waals surface area contributed by atoms with Gasteiger partial charge in [0, 0.05) is 37.4 Å². The average molecular weight is 429 g/mol. The van der Waals surface area contributed by atoms with E-state index in [-0.39, 0.29) is 25.1 Å². The molecule has 4 heterocycles. The number of nitrogens with zero attached hydrogens (tertiary/aromatic N) is 4. The molecule has 0 unspecified atom stereocenters. The van der Waals surface area contributed by atoms with E-state index in [2.05, 4.69) is 20.6 Å². The first-order valence-corrected chi connectivity index (χ1v) is 11.7. The van der Waals surface area contributed by atoms with Crippen LogP contribution in [0.2, 0.25) is 0 Å². The normalized spacial score (nSPS) is 29.6. The predicted molar refractivity (Wildman–Crippen MR) is 107 cm³/mol. The fourth-order valence-electron chi connectivity index (χ4n) is 4.09. The molecule has 4 rings (SSSR count). The van der Waals surface area contributed by atoms with Gasteiger partial charge in [-0.15, -0.1) is 0 Å². The van der Waals surface area contributed by atoms with E-state index in [9.17, 15) is 17.2 Å². The minimum Gasteiger partial charge on any atom is -0.348 e. The number of nitrogens with one attached hydrogen (secondary N) is 2. The molecule has 160 valence electrons. The lowest BCUT2D eigenvalue weighted by Crippen LogP contribution is -2.49. The van der Waals surface area contributed by atoms with Crippen molar-refractivity contribution in [1.82, 2.24) is 24.2 Å². The van der Waals surface area contributed by atoms with Gasteiger partial charge in [-0.2, -0.15) is 9.29 Å². The minimum atomic E-state index is -3.41. The van der Waals surface area contributed by atoms with Crippen LogP contribution in [0.5, 0.6) is 0 Å². The summed E-state index contributed by atoms with van der Waals surface area (Å²) in [6.07, 6.45) is 4.07. The van der Waals surface area contributed by atoms with Gasteiger partial charge in [0.2, 0.25) is 16.0 Å². The molecule has 2 aliphatic heterocycles. The molecule has 4 atom stereocenters. The SMILES string of the molecule is CS(=O)(=O)N1CC[C@@H](Nc2ncc3ccn([C@@H]4CCCNC[C@H]4F)c3n2)[C@H](F)C1. The van der Waals surface area contributed by atoms with Crippen molar-refractivity contribution in [2.24, 2.45) is 0 Å². The molecule has 2 N–H and O–H groups in total. The summed E-state index contributed by atoms with van der Waals surface area (Å²) in [4.78, 5) is 8.79. The van der Waals surface area contributed by atoms with Gasteiger partial charge >= 0.3 is 0 Å². The van der Waals surface area contributed by atoms with Crippen LogP contribution in [-0.2, 0) is 10.0 Å². The zero-order valence-electron chi connectivity index (χ0n) is 16.3. The van der Waals surface area contributed by atoms with Crippen LogP contribution in [0.4, 0.5) is 14.7 Å². The van der Waals surface area contributed by atoms with E-state index < -0.39 is 28.4 Å². The molecule has 0 bridgehead atoms. The maximum Gasteiger partial charge on any atom is 0.224 e. The smallest absolute Gasteiger partial charge is 0.224 e. The predicted octanol–water partition coefficient (Wildman–Crippen LogP) is 1.48. The highest BCUT2D eigenvalue weighted by Crippen LogP contribution is 2.28. The third kappa shape index (κ3) is 4.36. The molecule has 29 heavy (non-hydrogen) atoms. The summed E-state index contributed by atoms with van der Waals surface area (Å²) in [5.74, 6) is 0.264. The fraction of sp³-hybridized carbons (Fsp3) is 0.667. The first-order valence-electron chi connectivity index (χ1n) is 9.87. The van der Waals surface area contributed by atoms with Gasteiger partial charge in [0.05, 0.1) is 18.3 Å².